The third-order valence-electron chi connectivity index (χ3n) is 6.57. The van der Waals surface area contributed by atoms with E-state index in [1.807, 2.05) is 0 Å². The van der Waals surface area contributed by atoms with Crippen molar-refractivity contribution in [2.45, 2.75) is 38.0 Å². The van der Waals surface area contributed by atoms with E-state index in [2.05, 4.69) is 15.3 Å². The Kier molecular flexibility index (Phi) is 8.80. The molecule has 1 aromatic heterocycles. The summed E-state index contributed by atoms with van der Waals surface area (Å²) < 4.78 is 43.5. The minimum atomic E-state index is -4.56. The Bertz CT molecular complexity index is 1210. The second-order valence-electron chi connectivity index (χ2n) is 9.26. The zero-order valence-corrected chi connectivity index (χ0v) is 22.4. The third kappa shape index (κ3) is 7.07. The molecule has 212 valence electrons. The van der Waals surface area contributed by atoms with E-state index in [-0.39, 0.29) is 23.4 Å². The molecule has 10 nitrogen and oxygen atoms in total. The van der Waals surface area contributed by atoms with Crippen molar-refractivity contribution >= 4 is 47.0 Å². The SMILES string of the molecule is C[C@@H](Nc1nc(N2CCN(C(=O)[C@H]3CCCN3C(=O)O)CC2)ncc1OCC(F)(F)F)c1ccc(Cl)cc1Cl. The molecule has 2 aliphatic heterocycles. The van der Waals surface area contributed by atoms with Gasteiger partial charge in [-0.05, 0) is 37.5 Å². The van der Waals surface area contributed by atoms with E-state index in [4.69, 9.17) is 27.9 Å². The van der Waals surface area contributed by atoms with Crippen molar-refractivity contribution < 1.29 is 32.6 Å². The van der Waals surface area contributed by atoms with Gasteiger partial charge in [-0.2, -0.15) is 18.2 Å². The molecule has 2 N–H and O–H groups in total. The van der Waals surface area contributed by atoms with Crippen LogP contribution in [0.5, 0.6) is 5.75 Å². The standard InChI is InChI=1S/C24H27Cl2F3N6O4/c1-14(16-5-4-15(25)11-17(16)26)31-20-19(39-13-24(27,28)29)12-30-22(32-20)34-9-7-33(8-10-34)21(36)18-3-2-6-35(18)23(37)38/h4-5,11-12,14,18H,2-3,6-10,13H2,1H3,(H,37,38)(H,30,31,32)/t14-,18-/m1/s1. The lowest BCUT2D eigenvalue weighted by atomic mass is 10.1. The predicted octanol–water partition coefficient (Wildman–Crippen LogP) is 4.69. The number of alkyl halides is 3. The smallest absolute Gasteiger partial charge is 0.422 e. The first kappa shape index (κ1) is 28.8. The Morgan fingerprint density at radius 3 is 2.56 bits per heavy atom. The van der Waals surface area contributed by atoms with Crippen LogP contribution in [-0.4, -0.2) is 88.4 Å². The summed E-state index contributed by atoms with van der Waals surface area (Å²) in [7, 11) is 0. The molecule has 2 amide bonds. The molecule has 0 spiro atoms. The molecular weight excluding hydrogens is 564 g/mol. The van der Waals surface area contributed by atoms with E-state index in [1.54, 1.807) is 34.9 Å². The number of carboxylic acid groups (broad SMARTS) is 1. The molecule has 4 rings (SSSR count). The molecule has 0 saturated carbocycles. The summed E-state index contributed by atoms with van der Waals surface area (Å²) in [4.78, 5) is 37.6. The van der Waals surface area contributed by atoms with Gasteiger partial charge in [0.2, 0.25) is 11.9 Å². The molecule has 39 heavy (non-hydrogen) atoms. The van der Waals surface area contributed by atoms with Crippen molar-refractivity contribution in [2.75, 3.05) is 49.5 Å². The van der Waals surface area contributed by atoms with Crippen molar-refractivity contribution in [3.63, 3.8) is 0 Å². The molecule has 2 aliphatic rings. The van der Waals surface area contributed by atoms with E-state index in [0.717, 1.165) is 0 Å². The third-order valence-corrected chi connectivity index (χ3v) is 7.14. The minimum Gasteiger partial charge on any atom is -0.479 e. The normalized spacial score (nSPS) is 18.7. The summed E-state index contributed by atoms with van der Waals surface area (Å²) in [6, 6.07) is 3.75. The first-order chi connectivity index (χ1) is 18.4. The minimum absolute atomic E-state index is 0.0457. The molecule has 0 radical (unpaired) electrons. The fraction of sp³-hybridized carbons (Fsp3) is 0.500. The van der Waals surface area contributed by atoms with E-state index in [0.29, 0.717) is 61.2 Å². The maximum absolute atomic E-state index is 12.9. The van der Waals surface area contributed by atoms with E-state index in [1.165, 1.54) is 11.1 Å². The maximum Gasteiger partial charge on any atom is 0.422 e. The summed E-state index contributed by atoms with van der Waals surface area (Å²) in [6.07, 6.45) is -3.37. The van der Waals surface area contributed by atoms with Crippen LogP contribution in [0.25, 0.3) is 0 Å². The number of ether oxygens (including phenoxy) is 1. The predicted molar refractivity (Wildman–Crippen MR) is 139 cm³/mol. The average molecular weight is 591 g/mol. The van der Waals surface area contributed by atoms with Gasteiger partial charge in [0, 0.05) is 42.8 Å². The first-order valence-electron chi connectivity index (χ1n) is 12.2. The van der Waals surface area contributed by atoms with Crippen LogP contribution in [0.15, 0.2) is 24.4 Å². The number of rotatable bonds is 7. The molecule has 2 saturated heterocycles. The highest BCUT2D eigenvalue weighted by Crippen LogP contribution is 2.33. The molecule has 0 bridgehead atoms. The highest BCUT2D eigenvalue weighted by molar-refractivity contribution is 6.35. The van der Waals surface area contributed by atoms with Crippen molar-refractivity contribution in [1.82, 2.24) is 19.8 Å². The van der Waals surface area contributed by atoms with E-state index >= 15 is 0 Å². The number of nitrogens with zero attached hydrogens (tertiary/aromatic N) is 5. The lowest BCUT2D eigenvalue weighted by Gasteiger charge is -2.37. The lowest BCUT2D eigenvalue weighted by molar-refractivity contribution is -0.153. The topological polar surface area (TPSA) is 111 Å². The van der Waals surface area contributed by atoms with Crippen molar-refractivity contribution in [2.24, 2.45) is 0 Å². The highest BCUT2D eigenvalue weighted by atomic mass is 35.5. The number of anilines is 2. The average Bonchev–Trinajstić information content (AvgIpc) is 3.37. The molecular formula is C24H27Cl2F3N6O4. The number of hydrogen-bond donors (Lipinski definition) is 2. The van der Waals surface area contributed by atoms with Crippen molar-refractivity contribution in [3.05, 3.63) is 40.0 Å². The Balaban J connectivity index is 1.49. The van der Waals surface area contributed by atoms with Crippen LogP contribution in [0.1, 0.15) is 31.4 Å². The number of nitrogens with one attached hydrogen (secondary N) is 1. The van der Waals surface area contributed by atoms with Gasteiger partial charge in [0.05, 0.1) is 12.2 Å². The summed E-state index contributed by atoms with van der Waals surface area (Å²) in [6.45, 7) is 1.92. The number of carbonyl (C=O) groups is 2. The zero-order chi connectivity index (χ0) is 28.3. The summed E-state index contributed by atoms with van der Waals surface area (Å²) in [5, 5.41) is 13.2. The van der Waals surface area contributed by atoms with Crippen LogP contribution < -0.4 is 15.0 Å². The van der Waals surface area contributed by atoms with Crippen LogP contribution in [0.4, 0.5) is 29.7 Å². The fourth-order valence-electron chi connectivity index (χ4n) is 4.61. The molecule has 0 aliphatic carbocycles. The van der Waals surface area contributed by atoms with E-state index in [9.17, 15) is 27.9 Å². The second kappa shape index (κ2) is 11.9. The molecule has 2 aromatic rings. The molecule has 15 heteroatoms. The number of piperazine rings is 1. The van der Waals surface area contributed by atoms with Crippen molar-refractivity contribution in [3.8, 4) is 5.75 Å². The molecule has 3 heterocycles. The van der Waals surface area contributed by atoms with E-state index < -0.39 is 31.0 Å². The van der Waals surface area contributed by atoms with Crippen LogP contribution in [0, 0.1) is 0 Å². The van der Waals surface area contributed by atoms with Gasteiger partial charge in [-0.15, -0.1) is 0 Å². The Labute approximate surface area is 232 Å². The Morgan fingerprint density at radius 2 is 1.92 bits per heavy atom. The summed E-state index contributed by atoms with van der Waals surface area (Å²) >= 11 is 12.3. The lowest BCUT2D eigenvalue weighted by Crippen LogP contribution is -2.54. The second-order valence-corrected chi connectivity index (χ2v) is 10.1. The zero-order valence-electron chi connectivity index (χ0n) is 20.9. The maximum atomic E-state index is 12.9. The van der Waals surface area contributed by atoms with Gasteiger partial charge in [-0.3, -0.25) is 9.69 Å². The number of amides is 2. The summed E-state index contributed by atoms with van der Waals surface area (Å²) in [5.74, 6) is -0.130. The largest absolute Gasteiger partial charge is 0.479 e. The quantitative estimate of drug-likeness (QED) is 0.478. The van der Waals surface area contributed by atoms with Gasteiger partial charge in [-0.25, -0.2) is 9.78 Å². The number of carbonyl (C=O) groups excluding carboxylic acids is 1. The van der Waals surface area contributed by atoms with Gasteiger partial charge in [-0.1, -0.05) is 29.3 Å². The Hall–Kier alpha value is -3.19. The van der Waals surface area contributed by atoms with Gasteiger partial charge in [0.25, 0.3) is 0 Å². The van der Waals surface area contributed by atoms with Crippen LogP contribution in [-0.2, 0) is 4.79 Å². The number of hydrogen-bond acceptors (Lipinski definition) is 7. The highest BCUT2D eigenvalue weighted by Gasteiger charge is 2.37. The molecule has 2 atom stereocenters. The van der Waals surface area contributed by atoms with Crippen LogP contribution in [0.2, 0.25) is 10.0 Å². The van der Waals surface area contributed by atoms with Gasteiger partial charge in [0.15, 0.2) is 18.2 Å². The molecule has 2 fully saturated rings. The van der Waals surface area contributed by atoms with Crippen LogP contribution in [0.3, 0.4) is 0 Å². The van der Waals surface area contributed by atoms with Crippen molar-refractivity contribution in [1.29, 1.82) is 0 Å². The molecule has 1 aromatic carbocycles. The molecule has 0 unspecified atom stereocenters. The van der Waals surface area contributed by atoms with Gasteiger partial charge in [0.1, 0.15) is 6.04 Å². The number of aromatic nitrogens is 2. The summed E-state index contributed by atoms with van der Waals surface area (Å²) in [5.41, 5.74) is 0.650. The monoisotopic (exact) mass is 590 g/mol. The Morgan fingerprint density at radius 1 is 1.21 bits per heavy atom. The van der Waals surface area contributed by atoms with Gasteiger partial charge < -0.3 is 25.0 Å². The van der Waals surface area contributed by atoms with Crippen LogP contribution >= 0.6 is 23.2 Å². The number of likely N-dealkylation sites (tertiary alicyclic amines) is 1. The van der Waals surface area contributed by atoms with Gasteiger partial charge >= 0.3 is 12.3 Å². The first-order valence-corrected chi connectivity index (χ1v) is 13.0. The number of benzene rings is 1. The number of halogens is 5. The fourth-order valence-corrected chi connectivity index (χ4v) is 5.18.